The first-order valence-corrected chi connectivity index (χ1v) is 3.47. The van der Waals surface area contributed by atoms with Gasteiger partial charge in [0, 0.05) is 26.2 Å². The Balaban J connectivity index is 0. The van der Waals surface area contributed by atoms with Crippen molar-refractivity contribution in [1.82, 2.24) is 9.80 Å². The number of likely N-dealkylation sites (N-methyl/N-ethyl adjacent to an activating group) is 1. The third-order valence-electron chi connectivity index (χ3n) is 1.84. The van der Waals surface area contributed by atoms with E-state index < -0.39 is 0 Å². The van der Waals surface area contributed by atoms with Crippen LogP contribution in [0.3, 0.4) is 0 Å². The number of halogens is 2. The maximum atomic E-state index is 7.14. The minimum Gasteiger partial charge on any atom is -0.370 e. The van der Waals surface area contributed by atoms with E-state index in [9.17, 15) is 0 Å². The third kappa shape index (κ3) is 3.99. The Hall–Kier alpha value is -0.190. The number of nitrogens with one attached hydrogen (secondary N) is 1. The van der Waals surface area contributed by atoms with Gasteiger partial charge >= 0.3 is 0 Å². The molecule has 0 amide bonds. The van der Waals surface area contributed by atoms with Crippen molar-refractivity contribution in [3.8, 4) is 0 Å². The largest absolute Gasteiger partial charge is 0.370 e. The van der Waals surface area contributed by atoms with Gasteiger partial charge in [-0.15, -0.1) is 24.8 Å². The second-order valence-electron chi connectivity index (χ2n) is 2.68. The van der Waals surface area contributed by atoms with Crippen molar-refractivity contribution in [2.45, 2.75) is 0 Å². The molecule has 1 saturated heterocycles. The monoisotopic (exact) mass is 214 g/mol. The predicted octanol–water partition coefficient (Wildman–Crippen LogP) is -0.0291. The van der Waals surface area contributed by atoms with E-state index in [1.54, 1.807) is 0 Å². The van der Waals surface area contributed by atoms with E-state index in [1.807, 2.05) is 4.90 Å². The molecular weight excluding hydrogens is 199 g/mol. The number of nitrogens with two attached hydrogens (primary N) is 1. The lowest BCUT2D eigenvalue weighted by Gasteiger charge is -2.32. The van der Waals surface area contributed by atoms with Crippen LogP contribution in [-0.4, -0.2) is 49.0 Å². The Bertz CT molecular complexity index is 134. The first kappa shape index (κ1) is 14.3. The smallest absolute Gasteiger partial charge is 0.188 e. The van der Waals surface area contributed by atoms with Crippen LogP contribution in [-0.2, 0) is 0 Å². The summed E-state index contributed by atoms with van der Waals surface area (Å²) in [7, 11) is 2.08. The Morgan fingerprint density at radius 2 is 1.58 bits per heavy atom. The van der Waals surface area contributed by atoms with E-state index in [0.29, 0.717) is 0 Å². The molecule has 4 nitrogen and oxygen atoms in total. The molecule has 0 aromatic carbocycles. The Morgan fingerprint density at radius 3 is 1.92 bits per heavy atom. The molecule has 0 unspecified atom stereocenters. The first-order valence-electron chi connectivity index (χ1n) is 3.47. The van der Waals surface area contributed by atoms with Gasteiger partial charge in [0.15, 0.2) is 5.96 Å². The van der Waals surface area contributed by atoms with Crippen LogP contribution in [0.2, 0.25) is 0 Å². The molecule has 6 heteroatoms. The SMILES string of the molecule is CN1CCN(C(=N)N)CC1.Cl.Cl. The van der Waals surface area contributed by atoms with Gasteiger partial charge in [0.1, 0.15) is 0 Å². The highest BCUT2D eigenvalue weighted by Gasteiger charge is 2.13. The van der Waals surface area contributed by atoms with Crippen molar-refractivity contribution in [2.75, 3.05) is 33.2 Å². The molecule has 0 radical (unpaired) electrons. The van der Waals surface area contributed by atoms with Crippen molar-refractivity contribution in [3.63, 3.8) is 0 Å². The predicted molar refractivity (Wildman–Crippen MR) is 55.5 cm³/mol. The van der Waals surface area contributed by atoms with Gasteiger partial charge in [0.05, 0.1) is 0 Å². The maximum Gasteiger partial charge on any atom is 0.188 e. The lowest BCUT2D eigenvalue weighted by molar-refractivity contribution is 0.213. The molecule has 0 atom stereocenters. The standard InChI is InChI=1S/C6H14N4.2ClH/c1-9-2-4-10(5-3-9)6(7)8;;/h2-5H2,1H3,(H3,7,8);2*1H. The Kier molecular flexibility index (Phi) is 7.58. The van der Waals surface area contributed by atoms with Gasteiger partial charge in [0.2, 0.25) is 0 Å². The lowest BCUT2D eigenvalue weighted by atomic mass is 10.3. The van der Waals surface area contributed by atoms with Crippen LogP contribution in [0.25, 0.3) is 0 Å². The number of guanidine groups is 1. The van der Waals surface area contributed by atoms with Crippen LogP contribution in [0.1, 0.15) is 0 Å². The van der Waals surface area contributed by atoms with Crippen LogP contribution in [0.5, 0.6) is 0 Å². The zero-order chi connectivity index (χ0) is 7.56. The second kappa shape index (κ2) is 6.34. The van der Waals surface area contributed by atoms with Crippen molar-refractivity contribution in [2.24, 2.45) is 5.73 Å². The summed E-state index contributed by atoms with van der Waals surface area (Å²) in [6, 6.07) is 0. The lowest BCUT2D eigenvalue weighted by Crippen LogP contribution is -2.49. The molecule has 0 saturated carbocycles. The zero-order valence-electron chi connectivity index (χ0n) is 7.12. The minimum atomic E-state index is 0. The molecule has 0 aliphatic carbocycles. The van der Waals surface area contributed by atoms with Crippen molar-refractivity contribution in [3.05, 3.63) is 0 Å². The number of hydrogen-bond donors (Lipinski definition) is 2. The minimum absolute atomic E-state index is 0. The molecule has 0 aromatic heterocycles. The maximum absolute atomic E-state index is 7.14. The van der Waals surface area contributed by atoms with Gasteiger partial charge < -0.3 is 15.5 Å². The molecule has 1 fully saturated rings. The molecule has 74 valence electrons. The normalized spacial score (nSPS) is 17.6. The Morgan fingerprint density at radius 1 is 1.17 bits per heavy atom. The van der Waals surface area contributed by atoms with Crippen LogP contribution >= 0.6 is 24.8 Å². The van der Waals surface area contributed by atoms with Gasteiger partial charge in [-0.2, -0.15) is 0 Å². The molecule has 3 N–H and O–H groups in total. The van der Waals surface area contributed by atoms with Gasteiger partial charge in [-0.3, -0.25) is 5.41 Å². The van der Waals surface area contributed by atoms with E-state index in [1.165, 1.54) is 0 Å². The summed E-state index contributed by atoms with van der Waals surface area (Å²) in [5.74, 6) is 0.202. The summed E-state index contributed by atoms with van der Waals surface area (Å²) in [5.41, 5.74) is 5.30. The molecule has 0 spiro atoms. The highest BCUT2D eigenvalue weighted by Crippen LogP contribution is 1.96. The summed E-state index contributed by atoms with van der Waals surface area (Å²) in [5, 5.41) is 7.14. The van der Waals surface area contributed by atoms with Gasteiger partial charge in [-0.1, -0.05) is 0 Å². The fourth-order valence-corrected chi connectivity index (χ4v) is 1.05. The fraction of sp³-hybridized carbons (Fsp3) is 0.833. The number of nitrogens with zero attached hydrogens (tertiary/aromatic N) is 2. The summed E-state index contributed by atoms with van der Waals surface area (Å²) in [6.45, 7) is 3.82. The van der Waals surface area contributed by atoms with Gasteiger partial charge in [0.25, 0.3) is 0 Å². The molecule has 0 bridgehead atoms. The molecule has 1 aliphatic rings. The highest BCUT2D eigenvalue weighted by molar-refractivity contribution is 5.85. The summed E-state index contributed by atoms with van der Waals surface area (Å²) in [6.07, 6.45) is 0. The second-order valence-corrected chi connectivity index (χ2v) is 2.68. The molecule has 1 aliphatic heterocycles. The average Bonchev–Trinajstić information content (AvgIpc) is 1.88. The van der Waals surface area contributed by atoms with Crippen LogP contribution in [0, 0.1) is 5.41 Å². The molecular formula is C6H16Cl2N4. The zero-order valence-corrected chi connectivity index (χ0v) is 8.75. The molecule has 1 rings (SSSR count). The summed E-state index contributed by atoms with van der Waals surface area (Å²) >= 11 is 0. The number of piperazine rings is 1. The van der Waals surface area contributed by atoms with E-state index in [2.05, 4.69) is 11.9 Å². The van der Waals surface area contributed by atoms with Crippen LogP contribution in [0.15, 0.2) is 0 Å². The highest BCUT2D eigenvalue weighted by atomic mass is 35.5. The average molecular weight is 215 g/mol. The Labute approximate surface area is 85.4 Å². The fourth-order valence-electron chi connectivity index (χ4n) is 1.05. The van der Waals surface area contributed by atoms with Crippen molar-refractivity contribution >= 4 is 30.8 Å². The quantitative estimate of drug-likeness (QED) is 0.440. The third-order valence-corrected chi connectivity index (χ3v) is 1.84. The van der Waals surface area contributed by atoms with Crippen molar-refractivity contribution in [1.29, 1.82) is 5.41 Å². The van der Waals surface area contributed by atoms with E-state index in [0.717, 1.165) is 26.2 Å². The molecule has 0 aromatic rings. The van der Waals surface area contributed by atoms with E-state index in [4.69, 9.17) is 11.1 Å². The van der Waals surface area contributed by atoms with E-state index >= 15 is 0 Å². The summed E-state index contributed by atoms with van der Waals surface area (Å²) in [4.78, 5) is 4.12. The topological polar surface area (TPSA) is 56.4 Å². The first-order chi connectivity index (χ1) is 4.70. The number of rotatable bonds is 0. The molecule has 12 heavy (non-hydrogen) atoms. The van der Waals surface area contributed by atoms with Gasteiger partial charge in [-0.25, -0.2) is 0 Å². The summed E-state index contributed by atoms with van der Waals surface area (Å²) < 4.78 is 0. The van der Waals surface area contributed by atoms with Crippen LogP contribution < -0.4 is 5.73 Å². The van der Waals surface area contributed by atoms with Crippen LogP contribution in [0.4, 0.5) is 0 Å². The van der Waals surface area contributed by atoms with Crippen molar-refractivity contribution < 1.29 is 0 Å². The van der Waals surface area contributed by atoms with E-state index in [-0.39, 0.29) is 30.8 Å². The number of hydrogen-bond acceptors (Lipinski definition) is 2. The molecule has 1 heterocycles. The van der Waals surface area contributed by atoms with Gasteiger partial charge in [-0.05, 0) is 7.05 Å².